The summed E-state index contributed by atoms with van der Waals surface area (Å²) in [5.74, 6) is 0.209. The molecule has 4 nitrogen and oxygen atoms in total. The molecule has 1 heterocycles. The van der Waals surface area contributed by atoms with E-state index in [1.54, 1.807) is 4.90 Å². The average molecular weight is 557 g/mol. The molecule has 0 radical (unpaired) electrons. The molecule has 1 N–H and O–H groups in total. The van der Waals surface area contributed by atoms with Crippen molar-refractivity contribution in [2.24, 2.45) is 5.92 Å². The van der Waals surface area contributed by atoms with Gasteiger partial charge in [-0.25, -0.2) is 0 Å². The Hall–Kier alpha value is -2.87. The van der Waals surface area contributed by atoms with Crippen molar-refractivity contribution in [1.82, 2.24) is 9.80 Å². The van der Waals surface area contributed by atoms with Crippen LogP contribution in [0.1, 0.15) is 41.5 Å². The molecule has 2 fully saturated rings. The number of carbonyl (C=O) groups is 1. The summed E-state index contributed by atoms with van der Waals surface area (Å²) in [4.78, 5) is 17.9. The van der Waals surface area contributed by atoms with Crippen LogP contribution in [0.3, 0.4) is 0 Å². The van der Waals surface area contributed by atoms with Gasteiger partial charge in [-0.3, -0.25) is 4.79 Å². The van der Waals surface area contributed by atoms with Crippen molar-refractivity contribution in [2.45, 2.75) is 43.0 Å². The largest absolute Gasteiger partial charge is 0.417 e. The molecular formula is C31H32ClF3N2O2. The first-order valence-electron chi connectivity index (χ1n) is 13.2. The minimum atomic E-state index is -4.59. The number of likely N-dealkylation sites (tertiary alicyclic amines) is 1. The van der Waals surface area contributed by atoms with Gasteiger partial charge in [-0.1, -0.05) is 78.3 Å². The molecule has 39 heavy (non-hydrogen) atoms. The summed E-state index contributed by atoms with van der Waals surface area (Å²) in [5.41, 5.74) is -0.569. The highest BCUT2D eigenvalue weighted by atomic mass is 35.5. The third-order valence-electron chi connectivity index (χ3n) is 8.36. The number of hydrogen-bond acceptors (Lipinski definition) is 3. The maximum absolute atomic E-state index is 13.9. The van der Waals surface area contributed by atoms with Crippen LogP contribution in [0.15, 0.2) is 78.9 Å². The fourth-order valence-electron chi connectivity index (χ4n) is 6.03. The smallest absolute Gasteiger partial charge is 0.385 e. The Labute approximate surface area is 232 Å². The zero-order chi connectivity index (χ0) is 27.8. The van der Waals surface area contributed by atoms with E-state index in [1.165, 1.54) is 12.1 Å². The van der Waals surface area contributed by atoms with E-state index in [9.17, 15) is 23.1 Å². The number of alkyl halides is 3. The van der Waals surface area contributed by atoms with Crippen molar-refractivity contribution >= 4 is 17.5 Å². The number of amides is 1. The number of benzene rings is 3. The molecule has 2 aliphatic rings. The van der Waals surface area contributed by atoms with Gasteiger partial charge in [0, 0.05) is 33.2 Å². The highest BCUT2D eigenvalue weighted by Crippen LogP contribution is 2.56. The van der Waals surface area contributed by atoms with Crippen molar-refractivity contribution < 1.29 is 23.1 Å². The van der Waals surface area contributed by atoms with Gasteiger partial charge in [-0.2, -0.15) is 13.2 Å². The predicted octanol–water partition coefficient (Wildman–Crippen LogP) is 6.26. The monoisotopic (exact) mass is 556 g/mol. The number of piperidine rings is 1. The summed E-state index contributed by atoms with van der Waals surface area (Å²) in [7, 11) is 1.84. The van der Waals surface area contributed by atoms with Crippen molar-refractivity contribution in [3.05, 3.63) is 106 Å². The normalized spacial score (nSPS) is 22.9. The standard InChI is InChI=1S/C31H32ClF3N2O2/c1-36(20-22-8-4-2-5-9-22)28(38)30(23-10-6-3-7-11-23)19-25(30)21-37-16-14-29(39,15-17-37)24-12-13-27(32)26(18-24)31(33,34)35/h2-13,18,25,39H,14-17,19-21H2,1H3. The van der Waals surface area contributed by atoms with E-state index in [1.807, 2.05) is 67.7 Å². The minimum Gasteiger partial charge on any atom is -0.385 e. The molecule has 1 aliphatic heterocycles. The second kappa shape index (κ2) is 10.6. The third-order valence-corrected chi connectivity index (χ3v) is 8.69. The molecule has 5 rings (SSSR count). The SMILES string of the molecule is CN(Cc1ccccc1)C(=O)C1(c2ccccc2)CC1CN1CCC(O)(c2ccc(Cl)c(C(F)(F)F)c2)CC1. The highest BCUT2D eigenvalue weighted by molar-refractivity contribution is 6.31. The lowest BCUT2D eigenvalue weighted by atomic mass is 9.83. The third kappa shape index (κ3) is 5.58. The van der Waals surface area contributed by atoms with Crippen LogP contribution in [0, 0.1) is 5.92 Å². The van der Waals surface area contributed by atoms with Crippen LogP contribution in [0.4, 0.5) is 13.2 Å². The number of carbonyl (C=O) groups excluding carboxylic acids is 1. The van der Waals surface area contributed by atoms with E-state index in [0.29, 0.717) is 39.0 Å². The summed E-state index contributed by atoms with van der Waals surface area (Å²) in [6, 6.07) is 23.5. The zero-order valence-corrected chi connectivity index (χ0v) is 22.6. The Balaban J connectivity index is 1.28. The second-order valence-electron chi connectivity index (χ2n) is 10.9. The minimum absolute atomic E-state index is 0.0944. The predicted molar refractivity (Wildman–Crippen MR) is 145 cm³/mol. The average Bonchev–Trinajstić information content (AvgIpc) is 3.65. The molecule has 1 saturated heterocycles. The number of rotatable bonds is 7. The van der Waals surface area contributed by atoms with E-state index >= 15 is 0 Å². The molecule has 3 aromatic carbocycles. The van der Waals surface area contributed by atoms with Gasteiger partial charge < -0.3 is 14.9 Å². The molecule has 0 aromatic heterocycles. The quantitative estimate of drug-likeness (QED) is 0.374. The summed E-state index contributed by atoms with van der Waals surface area (Å²) in [5, 5.41) is 10.9. The Bertz CT molecular complexity index is 1310. The Kier molecular flexibility index (Phi) is 7.53. The maximum atomic E-state index is 13.9. The van der Waals surface area contributed by atoms with Crippen molar-refractivity contribution in [1.29, 1.82) is 0 Å². The fraction of sp³-hybridized carbons (Fsp3) is 0.387. The van der Waals surface area contributed by atoms with Crippen LogP contribution in [-0.4, -0.2) is 47.5 Å². The van der Waals surface area contributed by atoms with Gasteiger partial charge in [0.25, 0.3) is 0 Å². The van der Waals surface area contributed by atoms with Crippen LogP contribution in [0.5, 0.6) is 0 Å². The second-order valence-corrected chi connectivity index (χ2v) is 11.3. The number of hydrogen-bond donors (Lipinski definition) is 1. The molecule has 1 aliphatic carbocycles. The molecule has 0 bridgehead atoms. The zero-order valence-electron chi connectivity index (χ0n) is 21.8. The Morgan fingerprint density at radius 1 is 1.00 bits per heavy atom. The van der Waals surface area contributed by atoms with Crippen LogP contribution in [0.25, 0.3) is 0 Å². The number of halogens is 4. The topological polar surface area (TPSA) is 43.8 Å². The number of aliphatic hydroxyl groups is 1. The van der Waals surface area contributed by atoms with Crippen molar-refractivity contribution in [2.75, 3.05) is 26.7 Å². The first-order chi connectivity index (χ1) is 18.5. The molecule has 3 aromatic rings. The molecule has 2 unspecified atom stereocenters. The number of nitrogens with zero attached hydrogens (tertiary/aromatic N) is 2. The van der Waals surface area contributed by atoms with Gasteiger partial charge in [0.15, 0.2) is 0 Å². The molecular weight excluding hydrogens is 525 g/mol. The summed E-state index contributed by atoms with van der Waals surface area (Å²) in [6.45, 7) is 2.26. The molecule has 0 spiro atoms. The van der Waals surface area contributed by atoms with E-state index in [2.05, 4.69) is 4.90 Å². The van der Waals surface area contributed by atoms with E-state index < -0.39 is 22.8 Å². The van der Waals surface area contributed by atoms with Crippen LogP contribution >= 0.6 is 11.6 Å². The maximum Gasteiger partial charge on any atom is 0.417 e. The van der Waals surface area contributed by atoms with E-state index in [4.69, 9.17) is 11.6 Å². The fourth-order valence-corrected chi connectivity index (χ4v) is 6.26. The number of likely N-dealkylation sites (N-methyl/N-ethyl adjacent to an activating group) is 1. The molecule has 1 amide bonds. The Morgan fingerprint density at radius 2 is 1.62 bits per heavy atom. The van der Waals surface area contributed by atoms with Crippen LogP contribution in [-0.2, 0) is 28.5 Å². The van der Waals surface area contributed by atoms with Gasteiger partial charge in [0.1, 0.15) is 0 Å². The van der Waals surface area contributed by atoms with Gasteiger partial charge in [-0.15, -0.1) is 0 Å². The highest BCUT2D eigenvalue weighted by Gasteiger charge is 2.62. The van der Waals surface area contributed by atoms with Gasteiger partial charge in [-0.05, 0) is 54.0 Å². The van der Waals surface area contributed by atoms with Gasteiger partial charge >= 0.3 is 6.18 Å². The first-order valence-corrected chi connectivity index (χ1v) is 13.6. The summed E-state index contributed by atoms with van der Waals surface area (Å²) >= 11 is 5.78. The molecule has 8 heteroatoms. The lowest BCUT2D eigenvalue weighted by molar-refractivity contribution is -0.137. The summed E-state index contributed by atoms with van der Waals surface area (Å²) < 4.78 is 40.2. The molecule has 2 atom stereocenters. The molecule has 1 saturated carbocycles. The lowest BCUT2D eigenvalue weighted by Crippen LogP contribution is -2.44. The van der Waals surface area contributed by atoms with E-state index in [-0.39, 0.29) is 22.4 Å². The Morgan fingerprint density at radius 3 is 2.23 bits per heavy atom. The van der Waals surface area contributed by atoms with Crippen LogP contribution < -0.4 is 0 Å². The molecule has 206 valence electrons. The first kappa shape index (κ1) is 27.7. The van der Waals surface area contributed by atoms with E-state index in [0.717, 1.165) is 23.6 Å². The summed E-state index contributed by atoms with van der Waals surface area (Å²) in [6.07, 6.45) is -3.24. The van der Waals surface area contributed by atoms with Gasteiger partial charge in [0.05, 0.1) is 21.6 Å². The van der Waals surface area contributed by atoms with Gasteiger partial charge in [0.2, 0.25) is 5.91 Å². The van der Waals surface area contributed by atoms with Crippen molar-refractivity contribution in [3.8, 4) is 0 Å². The lowest BCUT2D eigenvalue weighted by Gasteiger charge is -2.39. The van der Waals surface area contributed by atoms with Crippen molar-refractivity contribution in [3.63, 3.8) is 0 Å². The van der Waals surface area contributed by atoms with Crippen LogP contribution in [0.2, 0.25) is 5.02 Å².